The number of hydrogen-bond acceptors (Lipinski definition) is 2. The van der Waals surface area contributed by atoms with Crippen LogP contribution in [0.25, 0.3) is 22.5 Å². The van der Waals surface area contributed by atoms with Crippen molar-refractivity contribution in [2.45, 2.75) is 6.92 Å². The Bertz CT molecular complexity index is 771. The molecule has 3 heteroatoms. The van der Waals surface area contributed by atoms with Gasteiger partial charge in [-0.15, -0.1) is 0 Å². The van der Waals surface area contributed by atoms with Crippen LogP contribution in [-0.4, -0.2) is 11.1 Å². The van der Waals surface area contributed by atoms with Crippen molar-refractivity contribution in [2.75, 3.05) is 0 Å². The van der Waals surface area contributed by atoms with Gasteiger partial charge in [-0.25, -0.2) is 4.79 Å². The van der Waals surface area contributed by atoms with Crippen LogP contribution in [0.3, 0.4) is 0 Å². The van der Waals surface area contributed by atoms with E-state index in [0.717, 1.165) is 11.1 Å². The normalized spacial score (nSPS) is 10.5. The fourth-order valence-electron chi connectivity index (χ4n) is 2.49. The van der Waals surface area contributed by atoms with Crippen LogP contribution >= 0.6 is 0 Å². The molecular formula is C18H14O3. The molecule has 0 saturated carbocycles. The topological polar surface area (TPSA) is 50.4 Å². The van der Waals surface area contributed by atoms with Crippen LogP contribution < -0.4 is 0 Å². The molecule has 0 bridgehead atoms. The van der Waals surface area contributed by atoms with Crippen LogP contribution in [0.2, 0.25) is 0 Å². The Balaban J connectivity index is 2.28. The fraction of sp³-hybridized carbons (Fsp3) is 0.0556. The first-order chi connectivity index (χ1) is 10.2. The third-order valence-electron chi connectivity index (χ3n) is 3.40. The zero-order valence-electron chi connectivity index (χ0n) is 11.5. The molecule has 3 rings (SSSR count). The predicted molar refractivity (Wildman–Crippen MR) is 81.3 cm³/mol. The number of aryl methyl sites for hydroxylation is 1. The van der Waals surface area contributed by atoms with Gasteiger partial charge in [-0.2, -0.15) is 0 Å². The standard InChI is InChI=1S/C18H14O3/c1-12-15(13-8-4-2-5-9-13)16(18(19)20)17(21-12)14-10-6-3-7-11-14/h2-11H,1H3,(H,19,20). The van der Waals surface area contributed by atoms with Crippen LogP contribution in [0.5, 0.6) is 0 Å². The first-order valence-electron chi connectivity index (χ1n) is 6.66. The van der Waals surface area contributed by atoms with Crippen LogP contribution in [0, 0.1) is 6.92 Å². The summed E-state index contributed by atoms with van der Waals surface area (Å²) in [6.07, 6.45) is 0. The summed E-state index contributed by atoms with van der Waals surface area (Å²) in [7, 11) is 0. The van der Waals surface area contributed by atoms with Crippen molar-refractivity contribution in [2.24, 2.45) is 0 Å². The quantitative estimate of drug-likeness (QED) is 0.760. The highest BCUT2D eigenvalue weighted by Gasteiger charge is 2.25. The number of rotatable bonds is 3. The molecule has 0 fully saturated rings. The summed E-state index contributed by atoms with van der Waals surface area (Å²) >= 11 is 0. The zero-order valence-corrected chi connectivity index (χ0v) is 11.5. The minimum Gasteiger partial charge on any atom is -0.478 e. The molecule has 1 aromatic heterocycles. The molecule has 2 aromatic carbocycles. The molecule has 0 spiro atoms. The van der Waals surface area contributed by atoms with Gasteiger partial charge in [0.05, 0.1) is 0 Å². The van der Waals surface area contributed by atoms with Gasteiger partial charge in [0, 0.05) is 11.1 Å². The Morgan fingerprint density at radius 1 is 0.905 bits per heavy atom. The third kappa shape index (κ3) is 2.34. The molecule has 0 saturated heterocycles. The van der Waals surface area contributed by atoms with E-state index in [-0.39, 0.29) is 5.56 Å². The van der Waals surface area contributed by atoms with Crippen LogP contribution in [0.1, 0.15) is 16.1 Å². The molecule has 21 heavy (non-hydrogen) atoms. The number of benzene rings is 2. The lowest BCUT2D eigenvalue weighted by Crippen LogP contribution is -1.99. The highest BCUT2D eigenvalue weighted by Crippen LogP contribution is 2.37. The third-order valence-corrected chi connectivity index (χ3v) is 3.40. The van der Waals surface area contributed by atoms with E-state index in [1.807, 2.05) is 60.7 Å². The fourth-order valence-corrected chi connectivity index (χ4v) is 2.49. The van der Waals surface area contributed by atoms with E-state index in [1.165, 1.54) is 0 Å². The summed E-state index contributed by atoms with van der Waals surface area (Å²) in [5.74, 6) is 0.0291. The van der Waals surface area contributed by atoms with E-state index < -0.39 is 5.97 Å². The summed E-state index contributed by atoms with van der Waals surface area (Å²) in [5.41, 5.74) is 2.46. The second-order valence-corrected chi connectivity index (χ2v) is 4.77. The van der Waals surface area contributed by atoms with E-state index in [4.69, 9.17) is 4.42 Å². The van der Waals surface area contributed by atoms with Crippen LogP contribution in [0.4, 0.5) is 0 Å². The Kier molecular flexibility index (Phi) is 3.32. The van der Waals surface area contributed by atoms with E-state index in [1.54, 1.807) is 6.92 Å². The number of carboxylic acids is 1. The molecule has 1 heterocycles. The van der Waals surface area contributed by atoms with Crippen molar-refractivity contribution < 1.29 is 14.3 Å². The largest absolute Gasteiger partial charge is 0.478 e. The van der Waals surface area contributed by atoms with E-state index in [2.05, 4.69) is 0 Å². The molecule has 104 valence electrons. The molecule has 0 unspecified atom stereocenters. The number of hydrogen-bond donors (Lipinski definition) is 1. The summed E-state index contributed by atoms with van der Waals surface area (Å²) in [6, 6.07) is 18.7. The van der Waals surface area contributed by atoms with E-state index in [0.29, 0.717) is 17.1 Å². The summed E-state index contributed by atoms with van der Waals surface area (Å²) in [5, 5.41) is 9.62. The highest BCUT2D eigenvalue weighted by molar-refractivity contribution is 6.02. The SMILES string of the molecule is Cc1oc(-c2ccccc2)c(C(=O)O)c1-c1ccccc1. The molecule has 3 aromatic rings. The van der Waals surface area contributed by atoms with Gasteiger partial charge in [0.25, 0.3) is 0 Å². The average molecular weight is 278 g/mol. The Morgan fingerprint density at radius 2 is 1.43 bits per heavy atom. The van der Waals surface area contributed by atoms with Crippen molar-refractivity contribution in [3.05, 3.63) is 72.0 Å². The molecule has 0 atom stereocenters. The Morgan fingerprint density at radius 3 is 1.95 bits per heavy atom. The lowest BCUT2D eigenvalue weighted by atomic mass is 9.98. The predicted octanol–water partition coefficient (Wildman–Crippen LogP) is 4.62. The molecule has 0 amide bonds. The van der Waals surface area contributed by atoms with Gasteiger partial charge in [0.2, 0.25) is 0 Å². The maximum atomic E-state index is 11.7. The summed E-state index contributed by atoms with van der Waals surface area (Å²) in [4.78, 5) is 11.7. The number of carboxylic acid groups (broad SMARTS) is 1. The van der Waals surface area contributed by atoms with Crippen molar-refractivity contribution in [1.82, 2.24) is 0 Å². The van der Waals surface area contributed by atoms with E-state index >= 15 is 0 Å². The first-order valence-corrected chi connectivity index (χ1v) is 6.66. The van der Waals surface area contributed by atoms with Crippen molar-refractivity contribution in [1.29, 1.82) is 0 Å². The van der Waals surface area contributed by atoms with Crippen LogP contribution in [-0.2, 0) is 0 Å². The van der Waals surface area contributed by atoms with Gasteiger partial charge in [0.15, 0.2) is 0 Å². The van der Waals surface area contributed by atoms with Crippen molar-refractivity contribution in [3.8, 4) is 22.5 Å². The first kappa shape index (κ1) is 13.2. The van der Waals surface area contributed by atoms with Gasteiger partial charge in [-0.1, -0.05) is 60.7 Å². The molecule has 0 radical (unpaired) electrons. The number of carbonyl (C=O) groups is 1. The van der Waals surface area contributed by atoms with Gasteiger partial charge in [-0.3, -0.25) is 0 Å². The lowest BCUT2D eigenvalue weighted by molar-refractivity contribution is 0.0698. The highest BCUT2D eigenvalue weighted by atomic mass is 16.4. The summed E-state index contributed by atoms with van der Waals surface area (Å²) < 4.78 is 5.77. The Hall–Kier alpha value is -2.81. The van der Waals surface area contributed by atoms with Gasteiger partial charge >= 0.3 is 5.97 Å². The summed E-state index contributed by atoms with van der Waals surface area (Å²) in [6.45, 7) is 1.79. The van der Waals surface area contributed by atoms with Crippen molar-refractivity contribution >= 4 is 5.97 Å². The van der Waals surface area contributed by atoms with Crippen molar-refractivity contribution in [3.63, 3.8) is 0 Å². The van der Waals surface area contributed by atoms with Gasteiger partial charge in [0.1, 0.15) is 17.1 Å². The lowest BCUT2D eigenvalue weighted by Gasteiger charge is -2.02. The number of aromatic carboxylic acids is 1. The number of furan rings is 1. The molecule has 1 N–H and O–H groups in total. The van der Waals surface area contributed by atoms with E-state index in [9.17, 15) is 9.90 Å². The monoisotopic (exact) mass is 278 g/mol. The molecular weight excluding hydrogens is 264 g/mol. The minimum atomic E-state index is -0.982. The molecule has 0 aliphatic carbocycles. The zero-order chi connectivity index (χ0) is 14.8. The Labute approximate surface area is 122 Å². The maximum Gasteiger partial charge on any atom is 0.340 e. The second kappa shape index (κ2) is 5.29. The minimum absolute atomic E-state index is 0.213. The van der Waals surface area contributed by atoms with Gasteiger partial charge < -0.3 is 9.52 Å². The molecule has 3 nitrogen and oxygen atoms in total. The smallest absolute Gasteiger partial charge is 0.340 e. The molecule has 0 aliphatic heterocycles. The van der Waals surface area contributed by atoms with Gasteiger partial charge in [-0.05, 0) is 12.5 Å². The second-order valence-electron chi connectivity index (χ2n) is 4.77. The average Bonchev–Trinajstić information content (AvgIpc) is 2.87. The maximum absolute atomic E-state index is 11.7. The molecule has 0 aliphatic rings. The van der Waals surface area contributed by atoms with Crippen LogP contribution in [0.15, 0.2) is 65.1 Å².